The second kappa shape index (κ2) is 4.70. The fourth-order valence-electron chi connectivity index (χ4n) is 2.17. The van der Waals surface area contributed by atoms with Gasteiger partial charge in [0.25, 0.3) is 0 Å². The Morgan fingerprint density at radius 1 is 1.11 bits per heavy atom. The summed E-state index contributed by atoms with van der Waals surface area (Å²) in [6.07, 6.45) is 1.97. The topological polar surface area (TPSA) is 30.9 Å². The van der Waals surface area contributed by atoms with Gasteiger partial charge in [0.2, 0.25) is 0 Å². The standard InChI is InChI=1S/C15H12BrFN2/c16-14-8-13(18)4-2-11(14)9-19-6-5-10-1-3-12(17)7-15(10)19/h1-8H,9,18H2. The largest absolute Gasteiger partial charge is 0.399 e. The van der Waals surface area contributed by atoms with Crippen molar-refractivity contribution >= 4 is 32.5 Å². The first-order valence-corrected chi connectivity index (χ1v) is 6.71. The number of nitrogens with zero attached hydrogens (tertiary/aromatic N) is 1. The highest BCUT2D eigenvalue weighted by molar-refractivity contribution is 9.10. The molecule has 96 valence electrons. The lowest BCUT2D eigenvalue weighted by molar-refractivity contribution is 0.628. The zero-order valence-corrected chi connectivity index (χ0v) is 11.7. The quantitative estimate of drug-likeness (QED) is 0.706. The summed E-state index contributed by atoms with van der Waals surface area (Å²) in [5.74, 6) is -0.219. The van der Waals surface area contributed by atoms with Gasteiger partial charge in [0.15, 0.2) is 0 Å². The first kappa shape index (κ1) is 12.2. The molecule has 4 heteroatoms. The molecule has 0 saturated carbocycles. The van der Waals surface area contributed by atoms with Crippen molar-refractivity contribution in [3.8, 4) is 0 Å². The summed E-state index contributed by atoms with van der Waals surface area (Å²) in [7, 11) is 0. The average molecular weight is 319 g/mol. The van der Waals surface area contributed by atoms with E-state index in [9.17, 15) is 4.39 Å². The Morgan fingerprint density at radius 3 is 2.74 bits per heavy atom. The maximum atomic E-state index is 13.3. The lowest BCUT2D eigenvalue weighted by Gasteiger charge is -2.08. The van der Waals surface area contributed by atoms with E-state index in [1.54, 1.807) is 12.1 Å². The maximum Gasteiger partial charge on any atom is 0.125 e. The highest BCUT2D eigenvalue weighted by Gasteiger charge is 2.05. The van der Waals surface area contributed by atoms with Crippen LogP contribution in [0.15, 0.2) is 53.1 Å². The van der Waals surface area contributed by atoms with E-state index in [0.29, 0.717) is 6.54 Å². The Labute approximate surface area is 118 Å². The van der Waals surface area contributed by atoms with Crippen LogP contribution in [0, 0.1) is 5.82 Å². The van der Waals surface area contributed by atoms with Gasteiger partial charge < -0.3 is 10.3 Å². The van der Waals surface area contributed by atoms with E-state index >= 15 is 0 Å². The van der Waals surface area contributed by atoms with E-state index in [4.69, 9.17) is 5.73 Å². The van der Waals surface area contributed by atoms with Crippen LogP contribution < -0.4 is 5.73 Å². The second-order valence-electron chi connectivity index (χ2n) is 4.50. The molecule has 1 heterocycles. The maximum absolute atomic E-state index is 13.3. The van der Waals surface area contributed by atoms with Crippen molar-refractivity contribution in [3.05, 3.63) is 64.5 Å². The lowest BCUT2D eigenvalue weighted by atomic mass is 10.2. The van der Waals surface area contributed by atoms with Gasteiger partial charge >= 0.3 is 0 Å². The van der Waals surface area contributed by atoms with Gasteiger partial charge in [0, 0.05) is 22.9 Å². The fourth-order valence-corrected chi connectivity index (χ4v) is 2.69. The summed E-state index contributed by atoms with van der Waals surface area (Å²) in [4.78, 5) is 0. The molecule has 0 aliphatic carbocycles. The van der Waals surface area contributed by atoms with Crippen LogP contribution in [0.5, 0.6) is 0 Å². The van der Waals surface area contributed by atoms with Gasteiger partial charge in [-0.25, -0.2) is 4.39 Å². The first-order valence-electron chi connectivity index (χ1n) is 5.92. The minimum absolute atomic E-state index is 0.219. The van der Waals surface area contributed by atoms with Crippen molar-refractivity contribution in [2.24, 2.45) is 0 Å². The molecule has 3 aromatic rings. The van der Waals surface area contributed by atoms with Crippen LogP contribution >= 0.6 is 15.9 Å². The molecule has 2 N–H and O–H groups in total. The van der Waals surface area contributed by atoms with Crippen molar-refractivity contribution in [1.82, 2.24) is 4.57 Å². The number of nitrogens with two attached hydrogens (primary N) is 1. The Hall–Kier alpha value is -1.81. The van der Waals surface area contributed by atoms with Crippen LogP contribution in [-0.4, -0.2) is 4.57 Å². The number of fused-ring (bicyclic) bond motifs is 1. The third-order valence-electron chi connectivity index (χ3n) is 3.15. The van der Waals surface area contributed by atoms with Crippen molar-refractivity contribution in [1.29, 1.82) is 0 Å². The molecule has 0 spiro atoms. The van der Waals surface area contributed by atoms with E-state index in [1.165, 1.54) is 6.07 Å². The molecule has 1 aromatic heterocycles. The zero-order chi connectivity index (χ0) is 13.4. The van der Waals surface area contributed by atoms with Gasteiger partial charge in [-0.05, 0) is 47.3 Å². The molecule has 0 aliphatic heterocycles. The monoisotopic (exact) mass is 318 g/mol. The molecule has 19 heavy (non-hydrogen) atoms. The Morgan fingerprint density at radius 2 is 1.95 bits per heavy atom. The van der Waals surface area contributed by atoms with Crippen LogP contribution in [0.4, 0.5) is 10.1 Å². The van der Waals surface area contributed by atoms with Crippen molar-refractivity contribution in [2.75, 3.05) is 5.73 Å². The summed E-state index contributed by atoms with van der Waals surface area (Å²) in [6.45, 7) is 0.674. The fraction of sp³-hybridized carbons (Fsp3) is 0.0667. The minimum Gasteiger partial charge on any atom is -0.399 e. The summed E-state index contributed by atoms with van der Waals surface area (Å²) in [5, 5.41) is 1.04. The number of hydrogen-bond acceptors (Lipinski definition) is 1. The van der Waals surface area contributed by atoms with Gasteiger partial charge in [0.1, 0.15) is 5.82 Å². The molecule has 3 rings (SSSR count). The lowest BCUT2D eigenvalue weighted by Crippen LogP contribution is -1.99. The predicted molar refractivity (Wildman–Crippen MR) is 79.6 cm³/mol. The number of benzene rings is 2. The second-order valence-corrected chi connectivity index (χ2v) is 5.35. The summed E-state index contributed by atoms with van der Waals surface area (Å²) in [5.41, 5.74) is 8.45. The molecule has 0 bridgehead atoms. The van der Waals surface area contributed by atoms with Crippen LogP contribution in [0.3, 0.4) is 0 Å². The average Bonchev–Trinajstić information content (AvgIpc) is 2.75. The number of anilines is 1. The normalized spacial score (nSPS) is 11.1. The Bertz CT molecular complexity index is 749. The molecule has 0 atom stereocenters. The summed E-state index contributed by atoms with van der Waals surface area (Å²) >= 11 is 3.50. The van der Waals surface area contributed by atoms with Gasteiger partial charge in [0.05, 0.1) is 5.52 Å². The molecule has 2 nitrogen and oxygen atoms in total. The number of halogens is 2. The third-order valence-corrected chi connectivity index (χ3v) is 3.89. The van der Waals surface area contributed by atoms with E-state index in [-0.39, 0.29) is 5.82 Å². The zero-order valence-electron chi connectivity index (χ0n) is 10.1. The van der Waals surface area contributed by atoms with E-state index in [2.05, 4.69) is 15.9 Å². The van der Waals surface area contributed by atoms with Crippen LogP contribution in [0.25, 0.3) is 10.9 Å². The van der Waals surface area contributed by atoms with Gasteiger partial charge in [-0.1, -0.05) is 22.0 Å². The predicted octanol–water partition coefficient (Wildman–Crippen LogP) is 4.17. The van der Waals surface area contributed by atoms with Crippen molar-refractivity contribution in [3.63, 3.8) is 0 Å². The van der Waals surface area contributed by atoms with Gasteiger partial charge in [-0.3, -0.25) is 0 Å². The Balaban J connectivity index is 2.03. The number of aromatic nitrogens is 1. The van der Waals surface area contributed by atoms with E-state index in [1.807, 2.05) is 35.0 Å². The minimum atomic E-state index is -0.219. The SMILES string of the molecule is Nc1ccc(Cn2ccc3ccc(F)cc32)c(Br)c1. The molecular weight excluding hydrogens is 307 g/mol. The van der Waals surface area contributed by atoms with Gasteiger partial charge in [-0.15, -0.1) is 0 Å². The molecular formula is C15H12BrFN2. The van der Waals surface area contributed by atoms with Crippen LogP contribution in [0.1, 0.15) is 5.56 Å². The van der Waals surface area contributed by atoms with E-state index in [0.717, 1.165) is 26.6 Å². The Kier molecular flexibility index (Phi) is 3.03. The van der Waals surface area contributed by atoms with Crippen molar-refractivity contribution in [2.45, 2.75) is 6.54 Å². The number of hydrogen-bond donors (Lipinski definition) is 1. The number of rotatable bonds is 2. The highest BCUT2D eigenvalue weighted by Crippen LogP contribution is 2.23. The first-order chi connectivity index (χ1) is 9.13. The summed E-state index contributed by atoms with van der Waals surface area (Å²) < 4.78 is 16.3. The molecule has 0 unspecified atom stereocenters. The molecule has 0 aliphatic rings. The van der Waals surface area contributed by atoms with Crippen LogP contribution in [-0.2, 0) is 6.54 Å². The smallest absolute Gasteiger partial charge is 0.125 e. The molecule has 0 saturated heterocycles. The van der Waals surface area contributed by atoms with Crippen LogP contribution in [0.2, 0.25) is 0 Å². The molecule has 0 amide bonds. The number of nitrogen functional groups attached to an aromatic ring is 1. The molecule has 2 aromatic carbocycles. The molecule has 0 radical (unpaired) electrons. The van der Waals surface area contributed by atoms with E-state index < -0.39 is 0 Å². The third kappa shape index (κ3) is 2.36. The molecule has 0 fully saturated rings. The van der Waals surface area contributed by atoms with Gasteiger partial charge in [-0.2, -0.15) is 0 Å². The van der Waals surface area contributed by atoms with Crippen molar-refractivity contribution < 1.29 is 4.39 Å². The summed E-state index contributed by atoms with van der Waals surface area (Å²) in [6, 6.07) is 12.5. The highest BCUT2D eigenvalue weighted by atomic mass is 79.9.